The number of primary amides is 1. The molecule has 0 aliphatic carbocycles. The van der Waals surface area contributed by atoms with Gasteiger partial charge in [0.1, 0.15) is 11.5 Å². The van der Waals surface area contributed by atoms with E-state index < -0.39 is 12.0 Å². The third-order valence-corrected chi connectivity index (χ3v) is 1.55. The number of rotatable bonds is 3. The topological polar surface area (TPSA) is 72.6 Å². The van der Waals surface area contributed by atoms with E-state index in [1.807, 2.05) is 0 Å². The second-order valence-corrected chi connectivity index (χ2v) is 2.66. The summed E-state index contributed by atoms with van der Waals surface area (Å²) in [7, 11) is 0. The molecule has 70 valence electrons. The number of carbonyl (C=O) groups is 1. The minimum absolute atomic E-state index is 0.152. The highest BCUT2D eigenvalue weighted by molar-refractivity contribution is 5.78. The predicted octanol–water partition coefficient (Wildman–Crippen LogP) is 0.645. The van der Waals surface area contributed by atoms with Gasteiger partial charge in [-0.1, -0.05) is 0 Å². The molecule has 0 heterocycles. The van der Waals surface area contributed by atoms with Crippen molar-refractivity contribution < 1.29 is 14.6 Å². The molecule has 0 spiro atoms. The monoisotopic (exact) mass is 181 g/mol. The van der Waals surface area contributed by atoms with Crippen molar-refractivity contribution in [3.8, 4) is 11.5 Å². The SMILES string of the molecule is C[C@@H](Oc1ccc(O)cc1)C(N)=O. The third kappa shape index (κ3) is 2.66. The first-order valence-corrected chi connectivity index (χ1v) is 3.84. The molecule has 3 N–H and O–H groups in total. The van der Waals surface area contributed by atoms with Gasteiger partial charge >= 0.3 is 0 Å². The molecule has 0 bridgehead atoms. The van der Waals surface area contributed by atoms with Gasteiger partial charge in [0.05, 0.1) is 0 Å². The quantitative estimate of drug-likeness (QED) is 0.718. The molecule has 0 fully saturated rings. The summed E-state index contributed by atoms with van der Waals surface area (Å²) in [6.45, 7) is 1.56. The smallest absolute Gasteiger partial charge is 0.258 e. The first-order chi connectivity index (χ1) is 6.09. The maximum absolute atomic E-state index is 10.6. The lowest BCUT2D eigenvalue weighted by Gasteiger charge is -2.10. The number of amides is 1. The molecule has 13 heavy (non-hydrogen) atoms. The van der Waals surface area contributed by atoms with E-state index in [0.29, 0.717) is 5.75 Å². The highest BCUT2D eigenvalue weighted by atomic mass is 16.5. The van der Waals surface area contributed by atoms with Gasteiger partial charge in [-0.05, 0) is 31.2 Å². The highest BCUT2D eigenvalue weighted by Crippen LogP contribution is 2.16. The van der Waals surface area contributed by atoms with E-state index in [0.717, 1.165) is 0 Å². The Labute approximate surface area is 75.9 Å². The summed E-state index contributed by atoms with van der Waals surface area (Å²) in [4.78, 5) is 10.6. The van der Waals surface area contributed by atoms with Gasteiger partial charge in [0, 0.05) is 0 Å². The van der Waals surface area contributed by atoms with Crippen LogP contribution in [0.5, 0.6) is 11.5 Å². The van der Waals surface area contributed by atoms with Crippen molar-refractivity contribution in [1.82, 2.24) is 0 Å². The molecule has 1 aromatic carbocycles. The summed E-state index contributed by atoms with van der Waals surface area (Å²) >= 11 is 0. The Kier molecular flexibility index (Phi) is 2.74. The van der Waals surface area contributed by atoms with Crippen molar-refractivity contribution in [3.05, 3.63) is 24.3 Å². The van der Waals surface area contributed by atoms with Gasteiger partial charge in [0.2, 0.25) is 0 Å². The van der Waals surface area contributed by atoms with Crippen LogP contribution in [0.3, 0.4) is 0 Å². The number of benzene rings is 1. The summed E-state index contributed by atoms with van der Waals surface area (Å²) in [5, 5.41) is 8.95. The Morgan fingerprint density at radius 2 is 2.00 bits per heavy atom. The number of phenolic OH excluding ortho intramolecular Hbond substituents is 1. The molecule has 1 amide bonds. The summed E-state index contributed by atoms with van der Waals surface area (Å²) in [5.74, 6) is 0.135. The Morgan fingerprint density at radius 3 is 2.46 bits per heavy atom. The number of ether oxygens (including phenoxy) is 1. The van der Waals surface area contributed by atoms with Crippen molar-refractivity contribution in [3.63, 3.8) is 0 Å². The fourth-order valence-corrected chi connectivity index (χ4v) is 0.787. The first kappa shape index (κ1) is 9.38. The average Bonchev–Trinajstić information content (AvgIpc) is 2.08. The highest BCUT2D eigenvalue weighted by Gasteiger charge is 2.09. The van der Waals surface area contributed by atoms with Crippen LogP contribution in [0.15, 0.2) is 24.3 Å². The van der Waals surface area contributed by atoms with Gasteiger partial charge in [0.25, 0.3) is 5.91 Å². The van der Waals surface area contributed by atoms with Crippen LogP contribution in [0.4, 0.5) is 0 Å². The molecule has 0 radical (unpaired) electrons. The molecule has 4 heteroatoms. The van der Waals surface area contributed by atoms with Crippen LogP contribution in [-0.2, 0) is 4.79 Å². The maximum Gasteiger partial charge on any atom is 0.258 e. The van der Waals surface area contributed by atoms with Crippen LogP contribution < -0.4 is 10.5 Å². The zero-order valence-electron chi connectivity index (χ0n) is 7.23. The molecule has 0 aliphatic heterocycles. The summed E-state index contributed by atoms with van der Waals surface area (Å²) in [6, 6.07) is 6.08. The lowest BCUT2D eigenvalue weighted by Crippen LogP contribution is -2.30. The molecule has 1 atom stereocenters. The first-order valence-electron chi connectivity index (χ1n) is 3.84. The van der Waals surface area contributed by atoms with E-state index in [1.165, 1.54) is 12.1 Å². The number of aromatic hydroxyl groups is 1. The fraction of sp³-hybridized carbons (Fsp3) is 0.222. The summed E-state index contributed by atoms with van der Waals surface area (Å²) < 4.78 is 5.15. The van der Waals surface area contributed by atoms with Crippen LogP contribution in [0.25, 0.3) is 0 Å². The van der Waals surface area contributed by atoms with Gasteiger partial charge in [-0.25, -0.2) is 0 Å². The van der Waals surface area contributed by atoms with E-state index in [4.69, 9.17) is 15.6 Å². The van der Waals surface area contributed by atoms with Crippen LogP contribution in [0.1, 0.15) is 6.92 Å². The number of phenols is 1. The molecule has 1 aromatic rings. The summed E-state index contributed by atoms with van der Waals surface area (Å²) in [6.07, 6.45) is -0.662. The molecule has 0 saturated heterocycles. The molecule has 0 saturated carbocycles. The van der Waals surface area contributed by atoms with Crippen LogP contribution >= 0.6 is 0 Å². The van der Waals surface area contributed by atoms with Gasteiger partial charge < -0.3 is 15.6 Å². The second kappa shape index (κ2) is 3.80. The molecule has 0 aliphatic rings. The van der Waals surface area contributed by atoms with Gasteiger partial charge in [-0.3, -0.25) is 4.79 Å². The Bertz CT molecular complexity index is 294. The number of nitrogens with two attached hydrogens (primary N) is 1. The fourth-order valence-electron chi connectivity index (χ4n) is 0.787. The van der Waals surface area contributed by atoms with Crippen molar-refractivity contribution in [2.45, 2.75) is 13.0 Å². The number of carbonyl (C=O) groups excluding carboxylic acids is 1. The van der Waals surface area contributed by atoms with E-state index in [1.54, 1.807) is 19.1 Å². The van der Waals surface area contributed by atoms with E-state index >= 15 is 0 Å². The van der Waals surface area contributed by atoms with E-state index in [9.17, 15) is 4.79 Å². The second-order valence-electron chi connectivity index (χ2n) is 2.66. The molecule has 0 aromatic heterocycles. The Balaban J connectivity index is 2.64. The normalized spacial score (nSPS) is 12.1. The van der Waals surface area contributed by atoms with Crippen LogP contribution in [0, 0.1) is 0 Å². The van der Waals surface area contributed by atoms with Gasteiger partial charge in [0.15, 0.2) is 6.10 Å². The minimum Gasteiger partial charge on any atom is -0.508 e. The van der Waals surface area contributed by atoms with Gasteiger partial charge in [-0.15, -0.1) is 0 Å². The van der Waals surface area contributed by atoms with Crippen molar-refractivity contribution in [1.29, 1.82) is 0 Å². The molecular formula is C9H11NO3. The van der Waals surface area contributed by atoms with Crippen LogP contribution in [-0.4, -0.2) is 17.1 Å². The predicted molar refractivity (Wildman–Crippen MR) is 47.4 cm³/mol. The third-order valence-electron chi connectivity index (χ3n) is 1.55. The van der Waals surface area contributed by atoms with Gasteiger partial charge in [-0.2, -0.15) is 0 Å². The molecule has 1 rings (SSSR count). The van der Waals surface area contributed by atoms with Crippen molar-refractivity contribution in [2.75, 3.05) is 0 Å². The van der Waals surface area contributed by atoms with E-state index in [-0.39, 0.29) is 5.75 Å². The molecular weight excluding hydrogens is 170 g/mol. The van der Waals surface area contributed by atoms with Crippen molar-refractivity contribution >= 4 is 5.91 Å². The number of hydrogen-bond acceptors (Lipinski definition) is 3. The Morgan fingerprint density at radius 1 is 1.46 bits per heavy atom. The van der Waals surface area contributed by atoms with Crippen molar-refractivity contribution in [2.24, 2.45) is 5.73 Å². The zero-order chi connectivity index (χ0) is 9.84. The molecule has 0 unspecified atom stereocenters. The average molecular weight is 181 g/mol. The molecule has 4 nitrogen and oxygen atoms in total. The standard InChI is InChI=1S/C9H11NO3/c1-6(9(10)12)13-8-4-2-7(11)3-5-8/h2-6,11H,1H3,(H2,10,12)/t6-/m1/s1. The zero-order valence-corrected chi connectivity index (χ0v) is 7.23. The minimum atomic E-state index is -0.662. The maximum atomic E-state index is 10.6. The van der Waals surface area contributed by atoms with E-state index in [2.05, 4.69) is 0 Å². The number of hydrogen-bond donors (Lipinski definition) is 2. The lowest BCUT2D eigenvalue weighted by molar-refractivity contribution is -0.123. The van der Waals surface area contributed by atoms with Crippen LogP contribution in [0.2, 0.25) is 0 Å². The lowest BCUT2D eigenvalue weighted by atomic mass is 10.3. The Hall–Kier alpha value is -1.71. The largest absolute Gasteiger partial charge is 0.508 e. The summed E-state index contributed by atoms with van der Waals surface area (Å²) in [5.41, 5.74) is 5.00.